The van der Waals surface area contributed by atoms with Crippen LogP contribution < -0.4 is 11.1 Å². The molecule has 9 heteroatoms. The number of aromatic nitrogens is 2. The van der Waals surface area contributed by atoms with Crippen molar-refractivity contribution in [1.82, 2.24) is 9.78 Å². The van der Waals surface area contributed by atoms with E-state index in [2.05, 4.69) is 10.4 Å². The number of amides is 2. The Balaban J connectivity index is 2.43. The van der Waals surface area contributed by atoms with Crippen LogP contribution in [-0.4, -0.2) is 33.7 Å². The number of aryl methyl sites for hydroxylation is 2. The van der Waals surface area contributed by atoms with Crippen LogP contribution in [0.4, 0.5) is 5.00 Å². The minimum atomic E-state index is -0.667. The van der Waals surface area contributed by atoms with E-state index in [1.54, 1.807) is 40.9 Å². The van der Waals surface area contributed by atoms with Crippen LogP contribution in [0, 0.1) is 13.8 Å². The second-order valence-corrected chi connectivity index (χ2v) is 6.86. The number of carbonyl (C=O) groups excluding carboxylic acids is 3. The van der Waals surface area contributed by atoms with Crippen LogP contribution >= 0.6 is 11.3 Å². The average molecular weight is 364 g/mol. The van der Waals surface area contributed by atoms with E-state index in [9.17, 15) is 14.4 Å². The van der Waals surface area contributed by atoms with Gasteiger partial charge in [0.25, 0.3) is 11.8 Å². The van der Waals surface area contributed by atoms with Crippen molar-refractivity contribution in [3.63, 3.8) is 0 Å². The van der Waals surface area contributed by atoms with E-state index < -0.39 is 17.8 Å². The van der Waals surface area contributed by atoms with Crippen molar-refractivity contribution in [1.29, 1.82) is 0 Å². The number of primary amides is 1. The van der Waals surface area contributed by atoms with Crippen molar-refractivity contribution in [2.75, 3.05) is 5.32 Å². The van der Waals surface area contributed by atoms with Gasteiger partial charge >= 0.3 is 5.97 Å². The van der Waals surface area contributed by atoms with Crippen molar-refractivity contribution < 1.29 is 19.1 Å². The van der Waals surface area contributed by atoms with Gasteiger partial charge < -0.3 is 15.8 Å². The molecule has 25 heavy (non-hydrogen) atoms. The molecule has 8 nitrogen and oxygen atoms in total. The van der Waals surface area contributed by atoms with Crippen LogP contribution in [-0.2, 0) is 11.8 Å². The Bertz CT molecular complexity index is 851. The van der Waals surface area contributed by atoms with Gasteiger partial charge in [-0.05, 0) is 33.3 Å². The molecule has 0 aliphatic rings. The van der Waals surface area contributed by atoms with Crippen LogP contribution in [0.15, 0.2) is 6.20 Å². The van der Waals surface area contributed by atoms with Gasteiger partial charge in [0.05, 0.1) is 27.8 Å². The van der Waals surface area contributed by atoms with E-state index in [0.29, 0.717) is 16.8 Å². The Labute approximate surface area is 149 Å². The van der Waals surface area contributed by atoms with Gasteiger partial charge in [-0.1, -0.05) is 0 Å². The van der Waals surface area contributed by atoms with E-state index >= 15 is 0 Å². The molecule has 0 saturated heterocycles. The molecule has 0 aliphatic carbocycles. The first-order valence-electron chi connectivity index (χ1n) is 7.57. The van der Waals surface area contributed by atoms with Gasteiger partial charge in [-0.15, -0.1) is 11.3 Å². The van der Waals surface area contributed by atoms with Crippen LogP contribution in [0.1, 0.15) is 55.5 Å². The zero-order chi connectivity index (χ0) is 18.9. The van der Waals surface area contributed by atoms with Gasteiger partial charge in [0.15, 0.2) is 0 Å². The van der Waals surface area contributed by atoms with Gasteiger partial charge in [0.1, 0.15) is 5.00 Å². The minimum Gasteiger partial charge on any atom is -0.459 e. The fraction of sp³-hybridized carbons (Fsp3) is 0.375. The molecule has 2 amide bonds. The molecule has 2 rings (SSSR count). The quantitative estimate of drug-likeness (QED) is 0.787. The van der Waals surface area contributed by atoms with Crippen molar-refractivity contribution in [3.05, 3.63) is 33.5 Å². The number of nitrogens with one attached hydrogen (secondary N) is 1. The standard InChI is InChI=1S/C16H20N4O4S/c1-7(2)24-16(23)11-8(3)12(13(17)21)25-15(11)18-14(22)10-6-20(5)19-9(10)4/h6-7H,1-5H3,(H2,17,21)(H,18,22). The number of nitrogens with two attached hydrogens (primary N) is 1. The monoisotopic (exact) mass is 364 g/mol. The van der Waals surface area contributed by atoms with Crippen LogP contribution in [0.2, 0.25) is 0 Å². The molecule has 3 N–H and O–H groups in total. The third-order valence-corrected chi connectivity index (χ3v) is 4.62. The maximum atomic E-state index is 12.5. The molecule has 0 fully saturated rings. The molecule has 0 spiro atoms. The van der Waals surface area contributed by atoms with E-state index in [0.717, 1.165) is 11.3 Å². The zero-order valence-electron chi connectivity index (χ0n) is 14.7. The molecule has 0 aliphatic heterocycles. The summed E-state index contributed by atoms with van der Waals surface area (Å²) < 4.78 is 6.73. The van der Waals surface area contributed by atoms with Crippen LogP contribution in [0.3, 0.4) is 0 Å². The number of carbonyl (C=O) groups is 3. The average Bonchev–Trinajstić information content (AvgIpc) is 2.97. The second-order valence-electron chi connectivity index (χ2n) is 5.83. The van der Waals surface area contributed by atoms with Gasteiger partial charge in [-0.25, -0.2) is 4.79 Å². The Kier molecular flexibility index (Phi) is 5.27. The van der Waals surface area contributed by atoms with Crippen LogP contribution in [0.5, 0.6) is 0 Å². The number of rotatable bonds is 5. The molecule has 0 radical (unpaired) electrons. The Morgan fingerprint density at radius 2 is 1.96 bits per heavy atom. The Morgan fingerprint density at radius 3 is 2.44 bits per heavy atom. The number of thiophene rings is 1. The normalized spacial score (nSPS) is 10.8. The van der Waals surface area contributed by atoms with E-state index in [4.69, 9.17) is 10.5 Å². The first kappa shape index (κ1) is 18.7. The molecule has 0 bridgehead atoms. The number of ether oxygens (including phenoxy) is 1. The lowest BCUT2D eigenvalue weighted by Crippen LogP contribution is -2.17. The molecule has 2 heterocycles. The molecule has 2 aromatic rings. The van der Waals surface area contributed by atoms with Gasteiger partial charge in [-0.2, -0.15) is 5.10 Å². The topological polar surface area (TPSA) is 116 Å². The second kappa shape index (κ2) is 7.06. The molecule has 134 valence electrons. The Hall–Kier alpha value is -2.68. The van der Waals surface area contributed by atoms with Gasteiger partial charge in [-0.3, -0.25) is 14.3 Å². The van der Waals surface area contributed by atoms with E-state index in [1.165, 1.54) is 4.68 Å². The molecule has 2 aromatic heterocycles. The minimum absolute atomic E-state index is 0.141. The first-order valence-corrected chi connectivity index (χ1v) is 8.39. The van der Waals surface area contributed by atoms with Crippen molar-refractivity contribution >= 4 is 34.1 Å². The summed E-state index contributed by atoms with van der Waals surface area (Å²) >= 11 is 0.951. The molecular formula is C16H20N4O4S. The number of esters is 1. The summed E-state index contributed by atoms with van der Waals surface area (Å²) in [6.45, 7) is 6.73. The zero-order valence-corrected chi connectivity index (χ0v) is 15.5. The number of nitrogens with zero attached hydrogens (tertiary/aromatic N) is 2. The highest BCUT2D eigenvalue weighted by molar-refractivity contribution is 7.18. The van der Waals surface area contributed by atoms with E-state index in [-0.39, 0.29) is 21.5 Å². The molecule has 0 saturated carbocycles. The summed E-state index contributed by atoms with van der Waals surface area (Å²) in [7, 11) is 1.70. The SMILES string of the molecule is Cc1nn(C)cc1C(=O)Nc1sc(C(N)=O)c(C)c1C(=O)OC(C)C. The summed E-state index contributed by atoms with van der Waals surface area (Å²) in [5, 5.41) is 7.01. The molecule has 0 aromatic carbocycles. The van der Waals surface area contributed by atoms with Gasteiger partial charge in [0.2, 0.25) is 0 Å². The first-order chi connectivity index (χ1) is 11.6. The Morgan fingerprint density at radius 1 is 1.32 bits per heavy atom. The van der Waals surface area contributed by atoms with Crippen molar-refractivity contribution in [2.24, 2.45) is 12.8 Å². The highest BCUT2D eigenvalue weighted by Crippen LogP contribution is 2.34. The summed E-state index contributed by atoms with van der Waals surface area (Å²) in [5.41, 5.74) is 6.82. The molecular weight excluding hydrogens is 344 g/mol. The predicted molar refractivity (Wildman–Crippen MR) is 94.0 cm³/mol. The maximum absolute atomic E-state index is 12.5. The third kappa shape index (κ3) is 3.87. The maximum Gasteiger partial charge on any atom is 0.341 e. The third-order valence-electron chi connectivity index (χ3n) is 3.40. The lowest BCUT2D eigenvalue weighted by Gasteiger charge is -2.10. The summed E-state index contributed by atoms with van der Waals surface area (Å²) in [6.07, 6.45) is 1.24. The summed E-state index contributed by atoms with van der Waals surface area (Å²) in [5.74, 6) is -1.71. The number of hydrogen-bond donors (Lipinski definition) is 2. The van der Waals surface area contributed by atoms with Gasteiger partial charge in [0, 0.05) is 13.2 Å². The number of anilines is 1. The largest absolute Gasteiger partial charge is 0.459 e. The molecule has 0 unspecified atom stereocenters. The van der Waals surface area contributed by atoms with Crippen molar-refractivity contribution in [2.45, 2.75) is 33.8 Å². The number of hydrogen-bond acceptors (Lipinski definition) is 6. The lowest BCUT2D eigenvalue weighted by molar-refractivity contribution is 0.0379. The fourth-order valence-electron chi connectivity index (χ4n) is 2.35. The highest BCUT2D eigenvalue weighted by Gasteiger charge is 2.27. The summed E-state index contributed by atoms with van der Waals surface area (Å²) in [4.78, 5) is 36.7. The molecule has 0 atom stereocenters. The summed E-state index contributed by atoms with van der Waals surface area (Å²) in [6, 6.07) is 0. The van der Waals surface area contributed by atoms with Crippen LogP contribution in [0.25, 0.3) is 0 Å². The van der Waals surface area contributed by atoms with E-state index in [1.807, 2.05) is 0 Å². The fourth-order valence-corrected chi connectivity index (χ4v) is 3.39. The lowest BCUT2D eigenvalue weighted by atomic mass is 10.1. The smallest absolute Gasteiger partial charge is 0.341 e. The van der Waals surface area contributed by atoms with Crippen molar-refractivity contribution in [3.8, 4) is 0 Å². The predicted octanol–water partition coefficient (Wildman–Crippen LogP) is 2.01. The highest BCUT2D eigenvalue weighted by atomic mass is 32.1.